The number of nitrogens with zero attached hydrogens (tertiary/aromatic N) is 3. The van der Waals surface area contributed by atoms with E-state index >= 15 is 0 Å². The van der Waals surface area contributed by atoms with Gasteiger partial charge in [0.15, 0.2) is 0 Å². The largest absolute Gasteiger partial charge is 0.340 e. The first kappa shape index (κ1) is 22.3. The third-order valence-corrected chi connectivity index (χ3v) is 7.72. The molecule has 2 amide bonds. The van der Waals surface area contributed by atoms with Gasteiger partial charge in [-0.1, -0.05) is 43.2 Å². The first-order valence-corrected chi connectivity index (χ1v) is 12.5. The molecule has 0 aromatic heterocycles. The van der Waals surface area contributed by atoms with Gasteiger partial charge in [-0.05, 0) is 56.9 Å². The van der Waals surface area contributed by atoms with E-state index in [4.69, 9.17) is 0 Å². The van der Waals surface area contributed by atoms with Crippen LogP contribution in [0.2, 0.25) is 0 Å². The van der Waals surface area contributed by atoms with Crippen LogP contribution in [0.5, 0.6) is 0 Å². The van der Waals surface area contributed by atoms with E-state index in [9.17, 15) is 9.59 Å². The van der Waals surface area contributed by atoms with Crippen molar-refractivity contribution in [3.8, 4) is 0 Å². The zero-order valence-electron chi connectivity index (χ0n) is 19.2. The van der Waals surface area contributed by atoms with Gasteiger partial charge in [-0.3, -0.25) is 14.5 Å². The molecule has 170 valence electrons. The molecule has 3 fully saturated rings. The van der Waals surface area contributed by atoms with Gasteiger partial charge in [-0.25, -0.2) is 0 Å². The van der Waals surface area contributed by atoms with E-state index in [0.29, 0.717) is 24.3 Å². The molecule has 5 nitrogen and oxygen atoms in total. The second-order valence-corrected chi connectivity index (χ2v) is 9.77. The molecule has 2 aliphatic heterocycles. The van der Waals surface area contributed by atoms with Crippen LogP contribution in [0.4, 0.5) is 0 Å². The van der Waals surface area contributed by atoms with Crippen molar-refractivity contribution in [1.82, 2.24) is 14.7 Å². The Labute approximate surface area is 187 Å². The Balaban J connectivity index is 1.34. The lowest BCUT2D eigenvalue weighted by atomic mass is 9.92. The first-order valence-electron chi connectivity index (χ1n) is 12.5. The zero-order valence-corrected chi connectivity index (χ0v) is 19.2. The maximum atomic E-state index is 13.7. The van der Waals surface area contributed by atoms with Crippen molar-refractivity contribution in [2.24, 2.45) is 5.92 Å². The summed E-state index contributed by atoms with van der Waals surface area (Å²) in [6.07, 6.45) is 9.73. The summed E-state index contributed by atoms with van der Waals surface area (Å²) in [5.74, 6) is 1.10. The third-order valence-electron chi connectivity index (χ3n) is 7.72. The highest BCUT2D eigenvalue weighted by atomic mass is 16.2. The maximum absolute atomic E-state index is 13.7. The van der Waals surface area contributed by atoms with Crippen molar-refractivity contribution in [2.75, 3.05) is 32.7 Å². The van der Waals surface area contributed by atoms with Crippen molar-refractivity contribution < 1.29 is 9.59 Å². The van der Waals surface area contributed by atoms with Crippen molar-refractivity contribution in [3.63, 3.8) is 0 Å². The summed E-state index contributed by atoms with van der Waals surface area (Å²) in [4.78, 5) is 33.0. The van der Waals surface area contributed by atoms with Crippen LogP contribution in [0.25, 0.3) is 0 Å². The highest BCUT2D eigenvalue weighted by molar-refractivity contribution is 5.83. The lowest BCUT2D eigenvalue weighted by Crippen LogP contribution is -2.60. The van der Waals surface area contributed by atoms with Crippen molar-refractivity contribution in [2.45, 2.75) is 76.8 Å². The molecule has 1 aliphatic carbocycles. The lowest BCUT2D eigenvalue weighted by molar-refractivity contribution is -0.144. The topological polar surface area (TPSA) is 43.9 Å². The van der Waals surface area contributed by atoms with Crippen LogP contribution in [0.3, 0.4) is 0 Å². The number of likely N-dealkylation sites (tertiary alicyclic amines) is 1. The Hall–Kier alpha value is -1.88. The predicted molar refractivity (Wildman–Crippen MR) is 124 cm³/mol. The highest BCUT2D eigenvalue weighted by Gasteiger charge is 2.40. The molecule has 31 heavy (non-hydrogen) atoms. The molecule has 5 heteroatoms. The van der Waals surface area contributed by atoms with E-state index in [2.05, 4.69) is 28.9 Å². The first-order chi connectivity index (χ1) is 15.1. The van der Waals surface area contributed by atoms with E-state index in [1.807, 2.05) is 23.1 Å². The van der Waals surface area contributed by atoms with Gasteiger partial charge in [0.05, 0.1) is 6.04 Å². The summed E-state index contributed by atoms with van der Waals surface area (Å²) in [6, 6.07) is 10.6. The van der Waals surface area contributed by atoms with Gasteiger partial charge in [0, 0.05) is 45.2 Å². The molecule has 0 spiro atoms. The molecule has 1 saturated carbocycles. The van der Waals surface area contributed by atoms with Crippen LogP contribution >= 0.6 is 0 Å². The van der Waals surface area contributed by atoms with Crippen LogP contribution < -0.4 is 0 Å². The van der Waals surface area contributed by atoms with Crippen molar-refractivity contribution >= 4 is 11.8 Å². The Morgan fingerprint density at radius 1 is 0.903 bits per heavy atom. The number of rotatable bonds is 6. The average Bonchev–Trinajstić information content (AvgIpc) is 3.33. The SMILES string of the molecule is C[C@@H]1CCCCN1C(=O)[C@@H](C1CCCC1)N1CCN(C(=O)CCc2ccccc2)CC1. The zero-order chi connectivity index (χ0) is 21.6. The molecule has 0 radical (unpaired) electrons. The van der Waals surface area contributed by atoms with Crippen molar-refractivity contribution in [3.05, 3.63) is 35.9 Å². The van der Waals surface area contributed by atoms with Gasteiger partial charge >= 0.3 is 0 Å². The van der Waals surface area contributed by atoms with Gasteiger partial charge in [-0.15, -0.1) is 0 Å². The number of benzene rings is 1. The van der Waals surface area contributed by atoms with Crippen LogP contribution in [-0.4, -0.2) is 71.3 Å². The Kier molecular flexibility index (Phi) is 7.65. The number of hydrogen-bond donors (Lipinski definition) is 0. The van der Waals surface area contributed by atoms with E-state index in [-0.39, 0.29) is 11.9 Å². The van der Waals surface area contributed by atoms with Gasteiger partial charge < -0.3 is 9.80 Å². The van der Waals surface area contributed by atoms with Gasteiger partial charge in [0.2, 0.25) is 11.8 Å². The Morgan fingerprint density at radius 2 is 1.58 bits per heavy atom. The molecule has 2 saturated heterocycles. The molecule has 0 N–H and O–H groups in total. The molecule has 2 atom stereocenters. The number of piperazine rings is 1. The van der Waals surface area contributed by atoms with Gasteiger partial charge in [0.1, 0.15) is 0 Å². The summed E-state index contributed by atoms with van der Waals surface area (Å²) in [6.45, 7) is 6.28. The normalized spacial score (nSPS) is 24.4. The molecular formula is C26H39N3O2. The van der Waals surface area contributed by atoms with Gasteiger partial charge in [-0.2, -0.15) is 0 Å². The smallest absolute Gasteiger partial charge is 0.240 e. The predicted octanol–water partition coefficient (Wildman–Crippen LogP) is 3.72. The molecule has 2 heterocycles. The van der Waals surface area contributed by atoms with E-state index in [1.165, 1.54) is 37.7 Å². The number of carbonyl (C=O) groups excluding carboxylic acids is 2. The fraction of sp³-hybridized carbons (Fsp3) is 0.692. The van der Waals surface area contributed by atoms with Crippen LogP contribution in [0, 0.1) is 5.92 Å². The minimum absolute atomic E-state index is 0.0182. The minimum atomic E-state index is 0.0182. The number of hydrogen-bond acceptors (Lipinski definition) is 3. The Bertz CT molecular complexity index is 723. The molecule has 1 aromatic rings. The summed E-state index contributed by atoms with van der Waals surface area (Å²) in [5, 5.41) is 0. The lowest BCUT2D eigenvalue weighted by Gasteiger charge is -2.44. The maximum Gasteiger partial charge on any atom is 0.240 e. The van der Waals surface area contributed by atoms with Crippen LogP contribution in [-0.2, 0) is 16.0 Å². The molecular weight excluding hydrogens is 386 g/mol. The number of carbonyl (C=O) groups is 2. The summed E-state index contributed by atoms with van der Waals surface area (Å²) in [7, 11) is 0. The van der Waals surface area contributed by atoms with Crippen LogP contribution in [0.1, 0.15) is 63.9 Å². The van der Waals surface area contributed by atoms with Crippen LogP contribution in [0.15, 0.2) is 30.3 Å². The third kappa shape index (κ3) is 5.49. The molecule has 1 aromatic carbocycles. The molecule has 0 unspecified atom stereocenters. The second-order valence-electron chi connectivity index (χ2n) is 9.77. The number of piperidine rings is 1. The van der Waals surface area contributed by atoms with Gasteiger partial charge in [0.25, 0.3) is 0 Å². The van der Waals surface area contributed by atoms with E-state index in [1.54, 1.807) is 0 Å². The van der Waals surface area contributed by atoms with E-state index in [0.717, 1.165) is 52.0 Å². The minimum Gasteiger partial charge on any atom is -0.340 e. The fourth-order valence-corrected chi connectivity index (χ4v) is 5.83. The second kappa shape index (κ2) is 10.6. The average molecular weight is 426 g/mol. The van der Waals surface area contributed by atoms with Crippen molar-refractivity contribution in [1.29, 1.82) is 0 Å². The summed E-state index contributed by atoms with van der Waals surface area (Å²) in [5.41, 5.74) is 1.22. The fourth-order valence-electron chi connectivity index (χ4n) is 5.83. The monoisotopic (exact) mass is 425 g/mol. The molecule has 4 rings (SSSR count). The quantitative estimate of drug-likeness (QED) is 0.698. The summed E-state index contributed by atoms with van der Waals surface area (Å²) >= 11 is 0. The van der Waals surface area contributed by atoms with E-state index < -0.39 is 0 Å². The molecule has 0 bridgehead atoms. The number of aryl methyl sites for hydroxylation is 1. The number of amides is 2. The summed E-state index contributed by atoms with van der Waals surface area (Å²) < 4.78 is 0. The molecule has 3 aliphatic rings. The highest BCUT2D eigenvalue weighted by Crippen LogP contribution is 2.33. The standard InChI is InChI=1S/C26H39N3O2/c1-21-9-7-8-16-29(21)26(31)25(23-12-5-6-13-23)28-19-17-27(18-20-28)24(30)15-14-22-10-3-2-4-11-22/h2-4,10-11,21,23,25H,5-9,12-20H2,1H3/t21-,25-/m1/s1. The Morgan fingerprint density at radius 3 is 2.26 bits per heavy atom.